The van der Waals surface area contributed by atoms with E-state index in [-0.39, 0.29) is 5.69 Å². The first-order valence-electron chi connectivity index (χ1n) is 5.87. The summed E-state index contributed by atoms with van der Waals surface area (Å²) in [6.07, 6.45) is 1.41. The number of hydrogen-bond donors (Lipinski definition) is 1. The Bertz CT molecular complexity index is 654. The molecule has 2 aromatic rings. The number of aromatic nitrogens is 2. The van der Waals surface area contributed by atoms with Crippen LogP contribution in [0.4, 0.5) is 18.9 Å². The predicted molar refractivity (Wildman–Crippen MR) is 72.1 cm³/mol. The minimum atomic E-state index is -4.91. The molecule has 7 heteroatoms. The Morgan fingerprint density at radius 1 is 1.19 bits per heavy atom. The van der Waals surface area contributed by atoms with E-state index in [0.29, 0.717) is 11.3 Å². The van der Waals surface area contributed by atoms with E-state index in [1.54, 1.807) is 41.9 Å². The number of carbonyl (C=O) groups excluding carboxylic acids is 1. The number of rotatable bonds is 3. The molecule has 1 aromatic heterocycles. The van der Waals surface area contributed by atoms with Crippen molar-refractivity contribution < 1.29 is 18.0 Å². The van der Waals surface area contributed by atoms with Gasteiger partial charge in [-0.2, -0.15) is 13.2 Å². The maximum absolute atomic E-state index is 12.2. The molecule has 1 amide bonds. The predicted octanol–water partition coefficient (Wildman–Crippen LogP) is 3.15. The highest BCUT2D eigenvalue weighted by Gasteiger charge is 2.38. The van der Waals surface area contributed by atoms with Gasteiger partial charge >= 0.3 is 12.1 Å². The van der Waals surface area contributed by atoms with Crippen LogP contribution in [0.15, 0.2) is 42.9 Å². The summed E-state index contributed by atoms with van der Waals surface area (Å²) in [6, 6.07) is 7.74. The minimum absolute atomic E-state index is 0.0714. The highest BCUT2D eigenvalue weighted by molar-refractivity contribution is 5.95. The van der Waals surface area contributed by atoms with Crippen molar-refractivity contribution >= 4 is 23.7 Å². The number of carbonyl (C=O) groups is 1. The van der Waals surface area contributed by atoms with Gasteiger partial charge in [0.1, 0.15) is 6.33 Å². The van der Waals surface area contributed by atoms with Crippen molar-refractivity contribution in [2.24, 2.45) is 0 Å². The third-order valence-corrected chi connectivity index (χ3v) is 2.45. The Kier molecular flexibility index (Phi) is 4.32. The summed E-state index contributed by atoms with van der Waals surface area (Å²) >= 11 is 0. The third kappa shape index (κ3) is 4.41. The van der Waals surface area contributed by atoms with Gasteiger partial charge in [0, 0.05) is 11.9 Å². The number of halogens is 3. The van der Waals surface area contributed by atoms with Crippen molar-refractivity contribution in [2.45, 2.75) is 6.18 Å². The summed E-state index contributed by atoms with van der Waals surface area (Å²) in [5.74, 6) is -2.00. The van der Waals surface area contributed by atoms with Crippen LogP contribution in [0.25, 0.3) is 12.2 Å². The van der Waals surface area contributed by atoms with Gasteiger partial charge in [0.25, 0.3) is 0 Å². The fourth-order valence-electron chi connectivity index (χ4n) is 1.50. The van der Waals surface area contributed by atoms with Crippen molar-refractivity contribution in [3.63, 3.8) is 0 Å². The molecule has 4 nitrogen and oxygen atoms in total. The van der Waals surface area contributed by atoms with E-state index in [1.165, 1.54) is 18.5 Å². The molecule has 21 heavy (non-hydrogen) atoms. The van der Waals surface area contributed by atoms with Crippen molar-refractivity contribution in [3.8, 4) is 0 Å². The normalized spacial score (nSPS) is 11.6. The monoisotopic (exact) mass is 293 g/mol. The Morgan fingerprint density at radius 3 is 2.67 bits per heavy atom. The standard InChI is InChI=1S/C14H10F3N3O/c15-14(16,17)13(21)20-12-3-1-2-10(8-12)4-5-11-6-7-18-9-19-11/h1-9H,(H,20,21). The van der Waals surface area contributed by atoms with E-state index >= 15 is 0 Å². The molecule has 108 valence electrons. The molecule has 0 saturated heterocycles. The summed E-state index contributed by atoms with van der Waals surface area (Å²) < 4.78 is 36.5. The number of hydrogen-bond acceptors (Lipinski definition) is 3. The highest BCUT2D eigenvalue weighted by Crippen LogP contribution is 2.19. The van der Waals surface area contributed by atoms with Crippen molar-refractivity contribution in [1.82, 2.24) is 9.97 Å². The van der Waals surface area contributed by atoms with Crippen molar-refractivity contribution in [1.29, 1.82) is 0 Å². The van der Waals surface area contributed by atoms with Crippen LogP contribution in [0.3, 0.4) is 0 Å². The molecule has 0 aliphatic rings. The van der Waals surface area contributed by atoms with E-state index < -0.39 is 12.1 Å². The molecular formula is C14H10F3N3O. The number of anilines is 1. The fraction of sp³-hybridized carbons (Fsp3) is 0.0714. The molecule has 0 aliphatic carbocycles. The average Bonchev–Trinajstić information content (AvgIpc) is 2.46. The Balaban J connectivity index is 2.11. The molecule has 0 atom stereocenters. The first kappa shape index (κ1) is 14.7. The summed E-state index contributed by atoms with van der Waals surface area (Å²) in [6.45, 7) is 0. The third-order valence-electron chi connectivity index (χ3n) is 2.45. The molecular weight excluding hydrogens is 283 g/mol. The van der Waals surface area contributed by atoms with E-state index in [1.807, 2.05) is 0 Å². The number of nitrogens with one attached hydrogen (secondary N) is 1. The Hall–Kier alpha value is -2.70. The van der Waals surface area contributed by atoms with Gasteiger partial charge in [-0.05, 0) is 29.8 Å². The molecule has 0 unspecified atom stereocenters. The summed E-state index contributed by atoms with van der Waals surface area (Å²) in [5.41, 5.74) is 1.37. The van der Waals surface area contributed by atoms with Crippen LogP contribution in [0.1, 0.15) is 11.3 Å². The van der Waals surface area contributed by atoms with Crippen LogP contribution < -0.4 is 5.32 Å². The summed E-state index contributed by atoms with van der Waals surface area (Å²) in [4.78, 5) is 18.6. The number of benzene rings is 1. The minimum Gasteiger partial charge on any atom is -0.318 e. The van der Waals surface area contributed by atoms with E-state index in [9.17, 15) is 18.0 Å². The second kappa shape index (κ2) is 6.17. The van der Waals surface area contributed by atoms with Gasteiger partial charge < -0.3 is 5.32 Å². The molecule has 0 spiro atoms. The number of alkyl halides is 3. The molecule has 1 aromatic carbocycles. The van der Waals surface area contributed by atoms with Gasteiger partial charge in [-0.25, -0.2) is 9.97 Å². The van der Waals surface area contributed by atoms with E-state index in [4.69, 9.17) is 0 Å². The van der Waals surface area contributed by atoms with E-state index in [2.05, 4.69) is 9.97 Å². The van der Waals surface area contributed by atoms with Gasteiger partial charge in [-0.15, -0.1) is 0 Å². The molecule has 0 bridgehead atoms. The maximum Gasteiger partial charge on any atom is 0.471 e. The van der Waals surface area contributed by atoms with Crippen LogP contribution in [-0.4, -0.2) is 22.1 Å². The zero-order valence-electron chi connectivity index (χ0n) is 10.6. The molecule has 1 N–H and O–H groups in total. The lowest BCUT2D eigenvalue weighted by Crippen LogP contribution is -2.29. The van der Waals surface area contributed by atoms with Gasteiger partial charge in [0.2, 0.25) is 0 Å². The lowest BCUT2D eigenvalue weighted by Gasteiger charge is -2.08. The van der Waals surface area contributed by atoms with Crippen molar-refractivity contribution in [2.75, 3.05) is 5.32 Å². The van der Waals surface area contributed by atoms with Crippen LogP contribution >= 0.6 is 0 Å². The fourth-order valence-corrected chi connectivity index (χ4v) is 1.50. The average molecular weight is 293 g/mol. The second-order valence-electron chi connectivity index (χ2n) is 4.04. The highest BCUT2D eigenvalue weighted by atomic mass is 19.4. The van der Waals surface area contributed by atoms with Crippen LogP contribution in [0.5, 0.6) is 0 Å². The van der Waals surface area contributed by atoms with Gasteiger partial charge in [0.05, 0.1) is 5.69 Å². The topological polar surface area (TPSA) is 54.9 Å². The van der Waals surface area contributed by atoms with E-state index in [0.717, 1.165) is 0 Å². The number of nitrogens with zero attached hydrogens (tertiary/aromatic N) is 2. The first-order valence-corrected chi connectivity index (χ1v) is 5.87. The van der Waals surface area contributed by atoms with Gasteiger partial charge in [-0.1, -0.05) is 18.2 Å². The largest absolute Gasteiger partial charge is 0.471 e. The maximum atomic E-state index is 12.2. The van der Waals surface area contributed by atoms with Gasteiger partial charge in [-0.3, -0.25) is 4.79 Å². The van der Waals surface area contributed by atoms with Crippen LogP contribution in [0.2, 0.25) is 0 Å². The SMILES string of the molecule is O=C(Nc1cccc(C=Cc2ccncn2)c1)C(F)(F)F. The first-order chi connectivity index (χ1) is 9.95. The molecule has 2 rings (SSSR count). The van der Waals surface area contributed by atoms with Crippen molar-refractivity contribution in [3.05, 3.63) is 54.1 Å². The quantitative estimate of drug-likeness (QED) is 0.945. The Morgan fingerprint density at radius 2 is 2.00 bits per heavy atom. The van der Waals surface area contributed by atoms with Crippen LogP contribution in [0, 0.1) is 0 Å². The lowest BCUT2D eigenvalue weighted by atomic mass is 10.1. The zero-order chi connectivity index (χ0) is 15.3. The Labute approximate surface area is 118 Å². The summed E-state index contributed by atoms with van der Waals surface area (Å²) in [7, 11) is 0. The summed E-state index contributed by atoms with van der Waals surface area (Å²) in [5, 5.41) is 1.80. The number of amides is 1. The van der Waals surface area contributed by atoms with Crippen LogP contribution in [-0.2, 0) is 4.79 Å². The van der Waals surface area contributed by atoms with Gasteiger partial charge in [0.15, 0.2) is 0 Å². The molecule has 1 heterocycles. The smallest absolute Gasteiger partial charge is 0.318 e. The molecule has 0 aliphatic heterocycles. The second-order valence-corrected chi connectivity index (χ2v) is 4.04. The lowest BCUT2D eigenvalue weighted by molar-refractivity contribution is -0.167. The zero-order valence-corrected chi connectivity index (χ0v) is 10.6. The molecule has 0 fully saturated rings. The molecule has 0 radical (unpaired) electrons. The molecule has 0 saturated carbocycles.